The van der Waals surface area contributed by atoms with Crippen molar-refractivity contribution in [3.8, 4) is 0 Å². The molecule has 7 nitrogen and oxygen atoms in total. The summed E-state index contributed by atoms with van der Waals surface area (Å²) in [7, 11) is 0. The van der Waals surface area contributed by atoms with Crippen molar-refractivity contribution in [3.63, 3.8) is 0 Å². The number of halogens is 1. The van der Waals surface area contributed by atoms with Crippen LogP contribution >= 0.6 is 23.3 Å². The fraction of sp³-hybridized carbons (Fsp3) is 0.250. The number of rotatable bonds is 1. The highest BCUT2D eigenvalue weighted by Crippen LogP contribution is 2.37. The second-order valence-corrected chi connectivity index (χ2v) is 5.99. The van der Waals surface area contributed by atoms with Crippen LogP contribution in [-0.2, 0) is 9.59 Å². The quantitative estimate of drug-likeness (QED) is 0.809. The molecule has 0 radical (unpaired) electrons. The molecule has 21 heavy (non-hydrogen) atoms. The van der Waals surface area contributed by atoms with Gasteiger partial charge in [0.2, 0.25) is 11.8 Å². The summed E-state index contributed by atoms with van der Waals surface area (Å²) in [4.78, 5) is 37.2. The van der Waals surface area contributed by atoms with Crippen LogP contribution in [-0.4, -0.2) is 26.6 Å². The van der Waals surface area contributed by atoms with Crippen LogP contribution in [0.2, 0.25) is 5.02 Å². The molecule has 0 atom stereocenters. The molecule has 1 N–H and O–H groups in total. The highest BCUT2D eigenvalue weighted by Gasteiger charge is 2.48. The molecule has 108 valence electrons. The van der Waals surface area contributed by atoms with Gasteiger partial charge in [0, 0.05) is 0 Å². The lowest BCUT2D eigenvalue weighted by atomic mass is 9.88. The lowest BCUT2D eigenvalue weighted by Crippen LogP contribution is -2.62. The van der Waals surface area contributed by atoms with Gasteiger partial charge in [-0.25, -0.2) is 9.69 Å². The predicted octanol–water partition coefficient (Wildman–Crippen LogP) is 1.95. The Bertz CT molecular complexity index is 801. The number of anilines is 1. The number of amides is 4. The van der Waals surface area contributed by atoms with Crippen molar-refractivity contribution in [1.82, 2.24) is 14.1 Å². The van der Waals surface area contributed by atoms with Gasteiger partial charge in [0.05, 0.1) is 16.8 Å². The van der Waals surface area contributed by atoms with Crippen molar-refractivity contribution in [2.24, 2.45) is 5.41 Å². The zero-order chi connectivity index (χ0) is 15.4. The second kappa shape index (κ2) is 4.47. The Labute approximate surface area is 128 Å². The summed E-state index contributed by atoms with van der Waals surface area (Å²) in [5.41, 5.74) is -0.357. The van der Waals surface area contributed by atoms with E-state index in [-0.39, 0.29) is 10.7 Å². The number of carbonyl (C=O) groups is 3. The maximum atomic E-state index is 12.5. The van der Waals surface area contributed by atoms with Crippen LogP contribution < -0.4 is 10.2 Å². The second-order valence-electron chi connectivity index (χ2n) is 5.05. The van der Waals surface area contributed by atoms with Gasteiger partial charge in [-0.05, 0) is 26.0 Å². The smallest absolute Gasteiger partial charge is 0.276 e. The molecule has 0 unspecified atom stereocenters. The minimum Gasteiger partial charge on any atom is -0.276 e. The van der Waals surface area contributed by atoms with E-state index in [9.17, 15) is 14.4 Å². The van der Waals surface area contributed by atoms with Gasteiger partial charge in [-0.15, -0.1) is 0 Å². The van der Waals surface area contributed by atoms with E-state index in [1.165, 1.54) is 19.9 Å². The van der Waals surface area contributed by atoms with Crippen LogP contribution in [0.3, 0.4) is 0 Å². The zero-order valence-electron chi connectivity index (χ0n) is 11.0. The van der Waals surface area contributed by atoms with Gasteiger partial charge in [-0.3, -0.25) is 14.9 Å². The third-order valence-electron chi connectivity index (χ3n) is 3.30. The molecule has 0 spiro atoms. The minimum atomic E-state index is -1.37. The van der Waals surface area contributed by atoms with E-state index in [2.05, 4.69) is 14.1 Å². The van der Waals surface area contributed by atoms with Crippen LogP contribution in [0.4, 0.5) is 10.5 Å². The zero-order valence-corrected chi connectivity index (χ0v) is 12.6. The molecular weight excluding hydrogens is 316 g/mol. The molecule has 1 aromatic carbocycles. The molecule has 1 aliphatic heterocycles. The maximum absolute atomic E-state index is 12.5. The average molecular weight is 325 g/mol. The molecule has 1 aliphatic rings. The van der Waals surface area contributed by atoms with Crippen molar-refractivity contribution in [1.29, 1.82) is 0 Å². The molecule has 1 aromatic heterocycles. The number of urea groups is 1. The van der Waals surface area contributed by atoms with E-state index in [4.69, 9.17) is 11.6 Å². The van der Waals surface area contributed by atoms with Crippen LogP contribution in [0.15, 0.2) is 12.1 Å². The minimum absolute atomic E-state index is 0.144. The number of imide groups is 2. The van der Waals surface area contributed by atoms with Crippen LogP contribution in [0, 0.1) is 5.41 Å². The van der Waals surface area contributed by atoms with Crippen LogP contribution in [0.25, 0.3) is 11.0 Å². The molecule has 1 saturated heterocycles. The first-order chi connectivity index (χ1) is 9.84. The molecule has 0 bridgehead atoms. The summed E-state index contributed by atoms with van der Waals surface area (Å²) in [6, 6.07) is 2.34. The first kappa shape index (κ1) is 13.9. The first-order valence-electron chi connectivity index (χ1n) is 5.95. The van der Waals surface area contributed by atoms with Crippen molar-refractivity contribution in [3.05, 3.63) is 17.2 Å². The number of nitrogens with zero attached hydrogens (tertiary/aromatic N) is 3. The number of benzene rings is 1. The Kier molecular flexibility index (Phi) is 2.96. The van der Waals surface area contributed by atoms with Gasteiger partial charge in [0.15, 0.2) is 0 Å². The Morgan fingerprint density at radius 2 is 1.95 bits per heavy atom. The van der Waals surface area contributed by atoms with E-state index in [0.717, 1.165) is 16.6 Å². The van der Waals surface area contributed by atoms with Gasteiger partial charge in [0.1, 0.15) is 22.1 Å². The van der Waals surface area contributed by atoms with Crippen molar-refractivity contribution in [2.75, 3.05) is 4.90 Å². The van der Waals surface area contributed by atoms with Crippen LogP contribution in [0.1, 0.15) is 13.8 Å². The number of hydrogen-bond donors (Lipinski definition) is 1. The molecule has 1 fully saturated rings. The van der Waals surface area contributed by atoms with E-state index in [0.29, 0.717) is 11.0 Å². The standard InChI is InChI=1S/C12H9ClN4O3S/c1-12(2)9(18)14-11(20)17(10(12)19)8-5(13)3-4-6-7(8)16-21-15-6/h3-4H,1-2H3,(H,14,18,20). The molecule has 9 heteroatoms. The first-order valence-corrected chi connectivity index (χ1v) is 7.05. The summed E-state index contributed by atoms with van der Waals surface area (Å²) < 4.78 is 8.13. The van der Waals surface area contributed by atoms with Gasteiger partial charge >= 0.3 is 6.03 Å². The van der Waals surface area contributed by atoms with Crippen molar-refractivity contribution in [2.45, 2.75) is 13.8 Å². The topological polar surface area (TPSA) is 92.3 Å². The fourth-order valence-corrected chi connectivity index (χ4v) is 2.78. The van der Waals surface area contributed by atoms with Crippen LogP contribution in [0.5, 0.6) is 0 Å². The normalized spacial score (nSPS) is 18.2. The molecule has 3 rings (SSSR count). The van der Waals surface area contributed by atoms with E-state index >= 15 is 0 Å². The van der Waals surface area contributed by atoms with Crippen molar-refractivity contribution < 1.29 is 14.4 Å². The maximum Gasteiger partial charge on any atom is 0.335 e. The number of nitrogens with one attached hydrogen (secondary N) is 1. The third kappa shape index (κ3) is 1.90. The lowest BCUT2D eigenvalue weighted by molar-refractivity contribution is -0.140. The monoisotopic (exact) mass is 324 g/mol. The fourth-order valence-electron chi connectivity index (χ4n) is 2.01. The summed E-state index contributed by atoms with van der Waals surface area (Å²) >= 11 is 7.08. The Hall–Kier alpha value is -2.06. The number of fused-ring (bicyclic) bond motifs is 1. The number of aromatic nitrogens is 2. The summed E-state index contributed by atoms with van der Waals surface area (Å²) in [5, 5.41) is 2.34. The molecule has 4 amide bonds. The number of hydrogen-bond acceptors (Lipinski definition) is 6. The summed E-state index contributed by atoms with van der Waals surface area (Å²) in [6.07, 6.45) is 0. The third-order valence-corrected chi connectivity index (χ3v) is 4.15. The highest BCUT2D eigenvalue weighted by atomic mass is 35.5. The van der Waals surface area contributed by atoms with E-state index < -0.39 is 23.3 Å². The average Bonchev–Trinajstić information content (AvgIpc) is 2.88. The van der Waals surface area contributed by atoms with E-state index in [1.54, 1.807) is 6.07 Å². The van der Waals surface area contributed by atoms with Gasteiger partial charge in [-0.2, -0.15) is 8.75 Å². The summed E-state index contributed by atoms with van der Waals surface area (Å²) in [5.74, 6) is -1.30. The summed E-state index contributed by atoms with van der Waals surface area (Å²) in [6.45, 7) is 2.88. The molecule has 0 aliphatic carbocycles. The molecule has 2 aromatic rings. The SMILES string of the molecule is CC1(C)C(=O)NC(=O)N(c2c(Cl)ccc3nsnc23)C1=O. The molecular formula is C12H9ClN4O3S. The van der Waals surface area contributed by atoms with E-state index in [1.807, 2.05) is 0 Å². The Morgan fingerprint density at radius 1 is 1.24 bits per heavy atom. The highest BCUT2D eigenvalue weighted by molar-refractivity contribution is 7.00. The van der Waals surface area contributed by atoms with Gasteiger partial charge in [0.25, 0.3) is 0 Å². The predicted molar refractivity (Wildman–Crippen MR) is 77.2 cm³/mol. The number of barbiturate groups is 1. The Morgan fingerprint density at radius 3 is 2.67 bits per heavy atom. The van der Waals surface area contributed by atoms with Crippen molar-refractivity contribution >= 4 is 57.9 Å². The van der Waals surface area contributed by atoms with Gasteiger partial charge < -0.3 is 0 Å². The largest absolute Gasteiger partial charge is 0.335 e. The Balaban J connectivity index is 2.24. The molecule has 0 saturated carbocycles. The number of carbonyl (C=O) groups excluding carboxylic acids is 3. The van der Waals surface area contributed by atoms with Gasteiger partial charge in [-0.1, -0.05) is 11.6 Å². The molecule has 2 heterocycles. The lowest BCUT2D eigenvalue weighted by Gasteiger charge is -2.34.